The Balaban J connectivity index is 2.99. The summed E-state index contributed by atoms with van der Waals surface area (Å²) < 4.78 is 0. The smallest absolute Gasteiger partial charge is 0.0451 e. The van der Waals surface area contributed by atoms with Gasteiger partial charge >= 0.3 is 0 Å². The average molecular weight is 193 g/mol. The normalized spacial score (nSPS) is 15.5. The maximum absolute atomic E-state index is 9.09. The molecule has 0 radical (unpaired) electrons. The summed E-state index contributed by atoms with van der Waals surface area (Å²) in [4.78, 5) is 2.15. The van der Waals surface area contributed by atoms with E-state index >= 15 is 0 Å². The molecular weight excluding hydrogens is 174 g/mol. The largest absolute Gasteiger partial charge is 0.396 e. The van der Waals surface area contributed by atoms with Crippen LogP contribution in [0.4, 0.5) is 0 Å². The van der Waals surface area contributed by atoms with Crippen molar-refractivity contribution in [2.24, 2.45) is 0 Å². The quantitative estimate of drug-likeness (QED) is 0.788. The molecule has 2 nitrogen and oxygen atoms in total. The number of hydrogen-bond acceptors (Lipinski definition) is 2. The Hall–Kier alpha value is -0.860. The molecule has 0 saturated carbocycles. The van der Waals surface area contributed by atoms with Crippen molar-refractivity contribution in [3.05, 3.63) is 35.9 Å². The van der Waals surface area contributed by atoms with Gasteiger partial charge in [-0.2, -0.15) is 0 Å². The van der Waals surface area contributed by atoms with E-state index in [0.717, 1.165) is 6.42 Å². The zero-order chi connectivity index (χ0) is 10.6. The van der Waals surface area contributed by atoms with Crippen molar-refractivity contribution in [3.8, 4) is 0 Å². The monoisotopic (exact) mass is 193 g/mol. The summed E-state index contributed by atoms with van der Waals surface area (Å²) in [6, 6.07) is 10.3. The van der Waals surface area contributed by atoms with E-state index in [9.17, 15) is 0 Å². The molecule has 0 aliphatic rings. The standard InChI is InChI=1S/C12H19NO/c1-12(9-10-14,13(2)3)11-7-5-4-6-8-11/h4-8,14H,9-10H2,1-3H3/t12-/m0/s1. The minimum Gasteiger partial charge on any atom is -0.396 e. The lowest BCUT2D eigenvalue weighted by atomic mass is 9.88. The number of benzene rings is 1. The third-order valence-corrected chi connectivity index (χ3v) is 2.98. The Morgan fingerprint density at radius 2 is 1.79 bits per heavy atom. The lowest BCUT2D eigenvalue weighted by Crippen LogP contribution is -2.39. The molecule has 0 heterocycles. The van der Waals surface area contributed by atoms with E-state index < -0.39 is 0 Å². The summed E-state index contributed by atoms with van der Waals surface area (Å²) in [7, 11) is 4.09. The van der Waals surface area contributed by atoms with E-state index in [-0.39, 0.29) is 12.1 Å². The molecule has 1 N–H and O–H groups in total. The summed E-state index contributed by atoms with van der Waals surface area (Å²) in [5.41, 5.74) is 1.18. The first kappa shape index (κ1) is 11.2. The number of aliphatic hydroxyl groups excluding tert-OH is 1. The molecule has 1 rings (SSSR count). The molecule has 0 saturated heterocycles. The molecule has 0 aliphatic heterocycles. The van der Waals surface area contributed by atoms with Crippen LogP contribution in [0.25, 0.3) is 0 Å². The van der Waals surface area contributed by atoms with Crippen LogP contribution in [0, 0.1) is 0 Å². The maximum Gasteiger partial charge on any atom is 0.0451 e. The first-order chi connectivity index (χ1) is 6.61. The first-order valence-corrected chi connectivity index (χ1v) is 4.95. The molecule has 78 valence electrons. The van der Waals surface area contributed by atoms with Gasteiger partial charge in [-0.05, 0) is 33.0 Å². The van der Waals surface area contributed by atoms with Crippen LogP contribution >= 0.6 is 0 Å². The van der Waals surface area contributed by atoms with Crippen molar-refractivity contribution in [2.45, 2.75) is 18.9 Å². The number of hydrogen-bond donors (Lipinski definition) is 1. The van der Waals surface area contributed by atoms with Crippen molar-refractivity contribution in [1.29, 1.82) is 0 Å². The Morgan fingerprint density at radius 3 is 2.21 bits per heavy atom. The highest BCUT2D eigenvalue weighted by molar-refractivity contribution is 5.23. The van der Waals surface area contributed by atoms with E-state index in [1.165, 1.54) is 5.56 Å². The summed E-state index contributed by atoms with van der Waals surface area (Å²) in [5.74, 6) is 0. The van der Waals surface area contributed by atoms with Gasteiger partial charge in [0.2, 0.25) is 0 Å². The summed E-state index contributed by atoms with van der Waals surface area (Å²) in [5, 5.41) is 9.09. The number of rotatable bonds is 4. The van der Waals surface area contributed by atoms with Gasteiger partial charge < -0.3 is 5.11 Å². The minimum absolute atomic E-state index is 0.0734. The zero-order valence-electron chi connectivity index (χ0n) is 9.20. The van der Waals surface area contributed by atoms with E-state index in [2.05, 4.69) is 24.0 Å². The van der Waals surface area contributed by atoms with Gasteiger partial charge in [-0.1, -0.05) is 30.3 Å². The maximum atomic E-state index is 9.09. The van der Waals surface area contributed by atoms with Gasteiger partial charge in [-0.15, -0.1) is 0 Å². The van der Waals surface area contributed by atoms with Crippen LogP contribution in [0.1, 0.15) is 18.9 Å². The van der Waals surface area contributed by atoms with Crippen molar-refractivity contribution in [3.63, 3.8) is 0 Å². The second-order valence-electron chi connectivity index (χ2n) is 4.01. The van der Waals surface area contributed by atoms with Gasteiger partial charge in [0.15, 0.2) is 0 Å². The molecule has 0 unspecified atom stereocenters. The van der Waals surface area contributed by atoms with Crippen molar-refractivity contribution in [2.75, 3.05) is 20.7 Å². The lowest BCUT2D eigenvalue weighted by Gasteiger charge is -2.36. The fraction of sp³-hybridized carbons (Fsp3) is 0.500. The van der Waals surface area contributed by atoms with E-state index in [0.29, 0.717) is 0 Å². The average Bonchev–Trinajstić information content (AvgIpc) is 2.19. The number of aliphatic hydroxyl groups is 1. The third-order valence-electron chi connectivity index (χ3n) is 2.98. The highest BCUT2D eigenvalue weighted by atomic mass is 16.3. The van der Waals surface area contributed by atoms with Crippen LogP contribution in [-0.2, 0) is 5.54 Å². The van der Waals surface area contributed by atoms with E-state index in [4.69, 9.17) is 5.11 Å². The molecule has 0 aromatic heterocycles. The molecule has 0 bridgehead atoms. The van der Waals surface area contributed by atoms with Crippen LogP contribution in [0.3, 0.4) is 0 Å². The van der Waals surface area contributed by atoms with Crippen molar-refractivity contribution < 1.29 is 5.11 Å². The Morgan fingerprint density at radius 1 is 1.21 bits per heavy atom. The molecule has 1 aromatic carbocycles. The topological polar surface area (TPSA) is 23.5 Å². The highest BCUT2D eigenvalue weighted by Gasteiger charge is 2.27. The van der Waals surface area contributed by atoms with Crippen LogP contribution in [-0.4, -0.2) is 30.7 Å². The van der Waals surface area contributed by atoms with Crippen LogP contribution in [0.15, 0.2) is 30.3 Å². The van der Waals surface area contributed by atoms with Crippen LogP contribution in [0.2, 0.25) is 0 Å². The van der Waals surface area contributed by atoms with E-state index in [1.54, 1.807) is 0 Å². The lowest BCUT2D eigenvalue weighted by molar-refractivity contribution is 0.124. The SMILES string of the molecule is CN(C)[C@@](C)(CCO)c1ccccc1. The summed E-state index contributed by atoms with van der Waals surface area (Å²) >= 11 is 0. The molecule has 0 aliphatic carbocycles. The summed E-state index contributed by atoms with van der Waals surface area (Å²) in [6.07, 6.45) is 0.754. The van der Waals surface area contributed by atoms with Crippen molar-refractivity contribution >= 4 is 0 Å². The molecular formula is C12H19NO. The molecule has 1 atom stereocenters. The molecule has 1 aromatic rings. The highest BCUT2D eigenvalue weighted by Crippen LogP contribution is 2.28. The van der Waals surface area contributed by atoms with Gasteiger partial charge in [-0.3, -0.25) is 4.90 Å². The Kier molecular flexibility index (Phi) is 3.67. The van der Waals surface area contributed by atoms with Gasteiger partial charge in [-0.25, -0.2) is 0 Å². The molecule has 2 heteroatoms. The second-order valence-corrected chi connectivity index (χ2v) is 4.01. The first-order valence-electron chi connectivity index (χ1n) is 4.95. The summed E-state index contributed by atoms with van der Waals surface area (Å²) in [6.45, 7) is 2.36. The molecule has 14 heavy (non-hydrogen) atoms. The Labute approximate surface area is 86.2 Å². The van der Waals surface area contributed by atoms with E-state index in [1.807, 2.05) is 32.3 Å². The minimum atomic E-state index is -0.0734. The van der Waals surface area contributed by atoms with Gasteiger partial charge in [0.05, 0.1) is 0 Å². The predicted molar refractivity (Wildman–Crippen MR) is 59.2 cm³/mol. The second kappa shape index (κ2) is 4.58. The fourth-order valence-corrected chi connectivity index (χ4v) is 1.64. The van der Waals surface area contributed by atoms with Crippen LogP contribution < -0.4 is 0 Å². The van der Waals surface area contributed by atoms with Gasteiger partial charge in [0.25, 0.3) is 0 Å². The van der Waals surface area contributed by atoms with Crippen LogP contribution in [0.5, 0.6) is 0 Å². The van der Waals surface area contributed by atoms with Gasteiger partial charge in [0.1, 0.15) is 0 Å². The van der Waals surface area contributed by atoms with Crippen molar-refractivity contribution in [1.82, 2.24) is 4.90 Å². The fourth-order valence-electron chi connectivity index (χ4n) is 1.64. The molecule has 0 fully saturated rings. The Bertz CT molecular complexity index is 271. The zero-order valence-corrected chi connectivity index (χ0v) is 9.20. The molecule has 0 spiro atoms. The third kappa shape index (κ3) is 2.14. The van der Waals surface area contributed by atoms with Gasteiger partial charge in [0, 0.05) is 12.1 Å². The predicted octanol–water partition coefficient (Wildman–Crippen LogP) is 1.85. The number of nitrogens with zero attached hydrogens (tertiary/aromatic N) is 1. The molecule has 0 amide bonds.